The third-order valence-electron chi connectivity index (χ3n) is 6.37. The van der Waals surface area contributed by atoms with E-state index in [1.165, 1.54) is 0 Å². The molecule has 1 atom stereocenters. The molecule has 1 aromatic carbocycles. The zero-order valence-electron chi connectivity index (χ0n) is 22.4. The van der Waals surface area contributed by atoms with E-state index in [-0.39, 0.29) is 18.0 Å². The van der Waals surface area contributed by atoms with E-state index in [9.17, 15) is 14.4 Å². The Balaban J connectivity index is 1.77. The standard InChI is InChI=1S/C28H35N5O4/c1-17-11-20(16-34)14-23-24(17)33(22-9-7-8-10-32(15-22)27(36)37-28(4,5)6)26(30-23)31-25(35)21-12-18(2)29-19(3)13-21/h11-14,16,22H,7-10,15H2,1-6H3,(H,30,31,35). The minimum absolute atomic E-state index is 0.142. The Labute approximate surface area is 217 Å². The first-order valence-corrected chi connectivity index (χ1v) is 12.7. The van der Waals surface area contributed by atoms with Crippen molar-refractivity contribution in [1.82, 2.24) is 19.4 Å². The van der Waals surface area contributed by atoms with Gasteiger partial charge < -0.3 is 14.2 Å². The Morgan fingerprint density at radius 1 is 1.05 bits per heavy atom. The van der Waals surface area contributed by atoms with Crippen LogP contribution in [0.15, 0.2) is 24.3 Å². The number of pyridine rings is 1. The van der Waals surface area contributed by atoms with Gasteiger partial charge in [0.1, 0.15) is 11.9 Å². The molecule has 1 fully saturated rings. The van der Waals surface area contributed by atoms with Gasteiger partial charge in [0.15, 0.2) is 0 Å². The Hall–Kier alpha value is -3.75. The molecule has 3 aromatic rings. The van der Waals surface area contributed by atoms with Gasteiger partial charge in [-0.05, 0) is 90.6 Å². The number of anilines is 1. The zero-order chi connectivity index (χ0) is 26.9. The Bertz CT molecular complexity index is 1330. The van der Waals surface area contributed by atoms with Crippen LogP contribution in [0.4, 0.5) is 10.7 Å². The molecule has 3 heterocycles. The second-order valence-electron chi connectivity index (χ2n) is 10.8. The molecule has 0 aliphatic carbocycles. The first-order chi connectivity index (χ1) is 17.4. The number of hydrogen-bond acceptors (Lipinski definition) is 6. The van der Waals surface area contributed by atoms with E-state index in [1.54, 1.807) is 23.1 Å². The Kier molecular flexibility index (Phi) is 7.34. The number of nitrogens with zero attached hydrogens (tertiary/aromatic N) is 4. The first-order valence-electron chi connectivity index (χ1n) is 12.7. The summed E-state index contributed by atoms with van der Waals surface area (Å²) in [6.45, 7) is 12.2. The van der Waals surface area contributed by atoms with Crippen LogP contribution < -0.4 is 5.32 Å². The van der Waals surface area contributed by atoms with E-state index in [1.807, 2.05) is 52.2 Å². The summed E-state index contributed by atoms with van der Waals surface area (Å²) >= 11 is 0. The molecule has 2 amide bonds. The molecule has 37 heavy (non-hydrogen) atoms. The highest BCUT2D eigenvalue weighted by atomic mass is 16.6. The van der Waals surface area contributed by atoms with E-state index in [2.05, 4.69) is 10.3 Å². The van der Waals surface area contributed by atoms with Crippen LogP contribution in [-0.4, -0.2) is 56.4 Å². The zero-order valence-corrected chi connectivity index (χ0v) is 22.4. The molecule has 196 valence electrons. The number of aldehydes is 1. The third kappa shape index (κ3) is 5.98. The smallest absolute Gasteiger partial charge is 0.410 e. The van der Waals surface area contributed by atoms with Crippen molar-refractivity contribution in [2.45, 2.75) is 72.4 Å². The molecule has 0 spiro atoms. The summed E-state index contributed by atoms with van der Waals surface area (Å²) in [5.41, 5.74) is 4.24. The highest BCUT2D eigenvalue weighted by Gasteiger charge is 2.30. The molecule has 1 N–H and O–H groups in total. The predicted octanol–water partition coefficient (Wildman–Crippen LogP) is 5.38. The average Bonchev–Trinajstić information content (AvgIpc) is 2.98. The second-order valence-corrected chi connectivity index (χ2v) is 10.8. The predicted molar refractivity (Wildman–Crippen MR) is 142 cm³/mol. The van der Waals surface area contributed by atoms with Crippen LogP contribution in [0.2, 0.25) is 0 Å². The minimum Gasteiger partial charge on any atom is -0.444 e. The van der Waals surface area contributed by atoms with Crippen molar-refractivity contribution < 1.29 is 19.1 Å². The monoisotopic (exact) mass is 505 g/mol. The first kappa shape index (κ1) is 26.3. The number of amides is 2. The number of benzene rings is 1. The number of ether oxygens (including phenoxy) is 1. The lowest BCUT2D eigenvalue weighted by Crippen LogP contribution is -2.39. The van der Waals surface area contributed by atoms with Gasteiger partial charge in [-0.1, -0.05) is 0 Å². The highest BCUT2D eigenvalue weighted by molar-refractivity contribution is 6.04. The average molecular weight is 506 g/mol. The van der Waals surface area contributed by atoms with E-state index in [0.717, 1.165) is 48.0 Å². The highest BCUT2D eigenvalue weighted by Crippen LogP contribution is 2.33. The van der Waals surface area contributed by atoms with Gasteiger partial charge in [0.05, 0.1) is 17.1 Å². The molecule has 1 saturated heterocycles. The lowest BCUT2D eigenvalue weighted by Gasteiger charge is -2.29. The molecule has 2 aromatic heterocycles. The number of hydrogen-bond donors (Lipinski definition) is 1. The number of nitrogens with one attached hydrogen (secondary N) is 1. The van der Waals surface area contributed by atoms with E-state index >= 15 is 0 Å². The fraction of sp³-hybridized carbons (Fsp3) is 0.464. The summed E-state index contributed by atoms with van der Waals surface area (Å²) in [4.78, 5) is 48.7. The summed E-state index contributed by atoms with van der Waals surface area (Å²) in [5.74, 6) is 0.0883. The molecular weight excluding hydrogens is 470 g/mol. The number of fused-ring (bicyclic) bond motifs is 1. The van der Waals surface area contributed by atoms with E-state index < -0.39 is 5.60 Å². The van der Waals surface area contributed by atoms with Crippen LogP contribution in [0.3, 0.4) is 0 Å². The summed E-state index contributed by atoms with van der Waals surface area (Å²) in [7, 11) is 0. The van der Waals surface area contributed by atoms with Crippen molar-refractivity contribution >= 4 is 35.3 Å². The van der Waals surface area contributed by atoms with Crippen LogP contribution >= 0.6 is 0 Å². The van der Waals surface area contributed by atoms with Crippen molar-refractivity contribution in [2.75, 3.05) is 18.4 Å². The van der Waals surface area contributed by atoms with Crippen molar-refractivity contribution in [1.29, 1.82) is 0 Å². The minimum atomic E-state index is -0.595. The van der Waals surface area contributed by atoms with Crippen molar-refractivity contribution in [3.05, 3.63) is 52.3 Å². The maximum absolute atomic E-state index is 13.3. The number of carbonyl (C=O) groups excluding carboxylic acids is 3. The van der Waals surface area contributed by atoms with Gasteiger partial charge in [-0.25, -0.2) is 9.78 Å². The van der Waals surface area contributed by atoms with Crippen LogP contribution in [-0.2, 0) is 4.74 Å². The Morgan fingerprint density at radius 2 is 1.76 bits per heavy atom. The van der Waals surface area contributed by atoms with Gasteiger partial charge in [0.2, 0.25) is 5.95 Å². The number of carbonyl (C=O) groups is 3. The van der Waals surface area contributed by atoms with Gasteiger partial charge in [-0.3, -0.25) is 19.9 Å². The van der Waals surface area contributed by atoms with Crippen molar-refractivity contribution in [3.8, 4) is 0 Å². The van der Waals surface area contributed by atoms with Crippen molar-refractivity contribution in [2.24, 2.45) is 0 Å². The van der Waals surface area contributed by atoms with Crippen molar-refractivity contribution in [3.63, 3.8) is 0 Å². The number of aryl methyl sites for hydroxylation is 3. The molecule has 1 aliphatic heterocycles. The molecule has 1 unspecified atom stereocenters. The van der Waals surface area contributed by atoms with Crippen LogP contribution in [0.25, 0.3) is 11.0 Å². The van der Waals surface area contributed by atoms with Crippen LogP contribution in [0.5, 0.6) is 0 Å². The molecule has 1 aliphatic rings. The third-order valence-corrected chi connectivity index (χ3v) is 6.37. The molecule has 9 heteroatoms. The quantitative estimate of drug-likeness (QED) is 0.477. The number of likely N-dealkylation sites (tertiary alicyclic amines) is 1. The molecule has 0 radical (unpaired) electrons. The summed E-state index contributed by atoms with van der Waals surface area (Å²) in [6, 6.07) is 6.88. The largest absolute Gasteiger partial charge is 0.444 e. The second kappa shape index (κ2) is 10.3. The summed E-state index contributed by atoms with van der Waals surface area (Å²) < 4.78 is 7.68. The summed E-state index contributed by atoms with van der Waals surface area (Å²) in [6.07, 6.45) is 3.01. The van der Waals surface area contributed by atoms with E-state index in [0.29, 0.717) is 35.7 Å². The fourth-order valence-electron chi connectivity index (χ4n) is 4.93. The lowest BCUT2D eigenvalue weighted by atomic mass is 10.1. The normalized spacial score (nSPS) is 16.4. The van der Waals surface area contributed by atoms with Gasteiger partial charge >= 0.3 is 6.09 Å². The van der Waals surface area contributed by atoms with Gasteiger partial charge in [-0.2, -0.15) is 0 Å². The Morgan fingerprint density at radius 3 is 2.41 bits per heavy atom. The van der Waals surface area contributed by atoms with Crippen LogP contribution in [0, 0.1) is 20.8 Å². The SMILES string of the molecule is Cc1cc(C(=O)Nc2nc3cc(C=O)cc(C)c3n2C2CCCCN(C(=O)OC(C)(C)C)C2)cc(C)n1. The lowest BCUT2D eigenvalue weighted by molar-refractivity contribution is 0.0238. The molecule has 4 rings (SSSR count). The molecule has 9 nitrogen and oxygen atoms in total. The van der Waals surface area contributed by atoms with Gasteiger partial charge in [-0.15, -0.1) is 0 Å². The number of aromatic nitrogens is 3. The number of rotatable bonds is 4. The molecular formula is C28H35N5O4. The summed E-state index contributed by atoms with van der Waals surface area (Å²) in [5, 5.41) is 3.00. The van der Waals surface area contributed by atoms with Gasteiger partial charge in [0.25, 0.3) is 5.91 Å². The maximum Gasteiger partial charge on any atom is 0.410 e. The molecule has 0 saturated carbocycles. The maximum atomic E-state index is 13.3. The molecule has 0 bridgehead atoms. The van der Waals surface area contributed by atoms with Gasteiger partial charge in [0, 0.05) is 35.6 Å². The fourth-order valence-corrected chi connectivity index (χ4v) is 4.93. The number of imidazole rings is 1. The topological polar surface area (TPSA) is 106 Å². The van der Waals surface area contributed by atoms with E-state index in [4.69, 9.17) is 9.72 Å². The van der Waals surface area contributed by atoms with Crippen LogP contribution in [0.1, 0.15) is 83.7 Å².